The van der Waals surface area contributed by atoms with Crippen LogP contribution in [-0.2, 0) is 9.53 Å². The highest BCUT2D eigenvalue weighted by Gasteiger charge is 2.21. The lowest BCUT2D eigenvalue weighted by Crippen LogP contribution is -2.29. The van der Waals surface area contributed by atoms with Crippen LogP contribution in [0.4, 0.5) is 0 Å². The summed E-state index contributed by atoms with van der Waals surface area (Å²) in [5, 5.41) is 4.03. The molecule has 0 aliphatic carbocycles. The minimum atomic E-state index is -0.393. The SMILES string of the molecule is C#CCOCCCC(=O)NC(c1cccnc1)c1cc2ccccc2o1. The number of nitrogens with one attached hydrogen (secondary N) is 1. The summed E-state index contributed by atoms with van der Waals surface area (Å²) < 4.78 is 11.2. The smallest absolute Gasteiger partial charge is 0.220 e. The second-order valence-electron chi connectivity index (χ2n) is 5.83. The van der Waals surface area contributed by atoms with Gasteiger partial charge in [0.2, 0.25) is 5.91 Å². The Labute approximate surface area is 152 Å². The third-order valence-corrected chi connectivity index (χ3v) is 3.93. The number of terminal acetylenes is 1. The van der Waals surface area contributed by atoms with Crippen LogP contribution in [0.1, 0.15) is 30.2 Å². The van der Waals surface area contributed by atoms with E-state index >= 15 is 0 Å². The van der Waals surface area contributed by atoms with E-state index in [2.05, 4.69) is 16.2 Å². The molecule has 3 rings (SSSR count). The molecule has 5 nitrogen and oxygen atoms in total. The Morgan fingerprint density at radius 1 is 1.31 bits per heavy atom. The summed E-state index contributed by atoms with van der Waals surface area (Å²) in [7, 11) is 0. The van der Waals surface area contributed by atoms with Gasteiger partial charge in [-0.25, -0.2) is 0 Å². The summed E-state index contributed by atoms with van der Waals surface area (Å²) >= 11 is 0. The molecule has 0 fully saturated rings. The summed E-state index contributed by atoms with van der Waals surface area (Å²) in [6, 6.07) is 13.1. The van der Waals surface area contributed by atoms with Gasteiger partial charge in [0.25, 0.3) is 0 Å². The third kappa shape index (κ3) is 4.50. The van der Waals surface area contributed by atoms with E-state index < -0.39 is 6.04 Å². The minimum Gasteiger partial charge on any atom is -0.459 e. The van der Waals surface area contributed by atoms with Gasteiger partial charge in [-0.3, -0.25) is 9.78 Å². The van der Waals surface area contributed by atoms with Gasteiger partial charge in [0.05, 0.1) is 0 Å². The van der Waals surface area contributed by atoms with Crippen LogP contribution in [0.5, 0.6) is 0 Å². The predicted molar refractivity (Wildman–Crippen MR) is 99.3 cm³/mol. The van der Waals surface area contributed by atoms with Gasteiger partial charge in [-0.2, -0.15) is 0 Å². The molecule has 2 heterocycles. The van der Waals surface area contributed by atoms with E-state index in [1.54, 1.807) is 12.4 Å². The Morgan fingerprint density at radius 2 is 2.19 bits per heavy atom. The van der Waals surface area contributed by atoms with Gasteiger partial charge in [0.15, 0.2) is 0 Å². The first-order valence-electron chi connectivity index (χ1n) is 8.47. The van der Waals surface area contributed by atoms with Gasteiger partial charge in [-0.15, -0.1) is 6.42 Å². The molecule has 0 bridgehead atoms. The number of nitrogens with zero attached hydrogens (tertiary/aromatic N) is 1. The van der Waals surface area contributed by atoms with Crippen molar-refractivity contribution < 1.29 is 13.9 Å². The van der Waals surface area contributed by atoms with Gasteiger partial charge in [-0.1, -0.05) is 30.2 Å². The zero-order valence-electron chi connectivity index (χ0n) is 14.4. The van der Waals surface area contributed by atoms with Crippen molar-refractivity contribution in [2.75, 3.05) is 13.2 Å². The van der Waals surface area contributed by atoms with Crippen molar-refractivity contribution in [3.05, 3.63) is 66.2 Å². The van der Waals surface area contributed by atoms with Crippen molar-refractivity contribution in [2.24, 2.45) is 0 Å². The highest BCUT2D eigenvalue weighted by atomic mass is 16.5. The van der Waals surface area contributed by atoms with Crippen molar-refractivity contribution in [1.29, 1.82) is 0 Å². The van der Waals surface area contributed by atoms with Crippen LogP contribution >= 0.6 is 0 Å². The zero-order chi connectivity index (χ0) is 18.2. The molecule has 26 heavy (non-hydrogen) atoms. The Kier molecular flexibility index (Phi) is 6.02. The Morgan fingerprint density at radius 3 is 2.96 bits per heavy atom. The fourth-order valence-electron chi connectivity index (χ4n) is 2.71. The number of carbonyl (C=O) groups excluding carboxylic acids is 1. The van der Waals surface area contributed by atoms with Crippen molar-refractivity contribution in [2.45, 2.75) is 18.9 Å². The van der Waals surface area contributed by atoms with Crippen LogP contribution in [0.15, 0.2) is 59.3 Å². The first-order chi connectivity index (χ1) is 12.8. The Hall–Kier alpha value is -3.10. The lowest BCUT2D eigenvalue weighted by atomic mass is 10.1. The number of pyridine rings is 1. The van der Waals surface area contributed by atoms with Crippen molar-refractivity contribution in [3.8, 4) is 12.3 Å². The van der Waals surface area contributed by atoms with Gasteiger partial charge in [0, 0.05) is 36.4 Å². The minimum absolute atomic E-state index is 0.0800. The molecule has 1 amide bonds. The first kappa shape index (κ1) is 17.7. The molecule has 0 saturated carbocycles. The standard InChI is InChI=1S/C21H20N2O3/c1-2-12-25-13-6-10-20(24)23-21(17-8-5-11-22-15-17)19-14-16-7-3-4-9-18(16)26-19/h1,3-5,7-9,11,14-15,21H,6,10,12-13H2,(H,23,24). The number of ether oxygens (including phenoxy) is 1. The number of para-hydroxylation sites is 1. The van der Waals surface area contributed by atoms with Crippen LogP contribution < -0.4 is 5.32 Å². The Balaban J connectivity index is 1.74. The molecular weight excluding hydrogens is 328 g/mol. The highest BCUT2D eigenvalue weighted by molar-refractivity contribution is 5.79. The van der Waals surface area contributed by atoms with Crippen molar-refractivity contribution in [3.63, 3.8) is 0 Å². The number of amides is 1. The zero-order valence-corrected chi connectivity index (χ0v) is 14.4. The fourth-order valence-corrected chi connectivity index (χ4v) is 2.71. The summed E-state index contributed by atoms with van der Waals surface area (Å²) in [6.45, 7) is 0.721. The van der Waals surface area contributed by atoms with Crippen molar-refractivity contribution >= 4 is 16.9 Å². The van der Waals surface area contributed by atoms with Crippen LogP contribution in [-0.4, -0.2) is 24.1 Å². The summed E-state index contributed by atoms with van der Waals surface area (Å²) in [4.78, 5) is 16.5. The topological polar surface area (TPSA) is 64.4 Å². The second kappa shape index (κ2) is 8.84. The highest BCUT2D eigenvalue weighted by Crippen LogP contribution is 2.28. The molecule has 1 aromatic carbocycles. The van der Waals surface area contributed by atoms with Gasteiger partial charge in [0.1, 0.15) is 24.0 Å². The number of benzene rings is 1. The van der Waals surface area contributed by atoms with E-state index in [9.17, 15) is 4.79 Å². The molecule has 1 N–H and O–H groups in total. The summed E-state index contributed by atoms with van der Waals surface area (Å²) in [5.41, 5.74) is 1.65. The van der Waals surface area contributed by atoms with E-state index in [1.807, 2.05) is 42.5 Å². The third-order valence-electron chi connectivity index (χ3n) is 3.93. The average molecular weight is 348 g/mol. The lowest BCUT2D eigenvalue weighted by Gasteiger charge is -2.16. The fraction of sp³-hybridized carbons (Fsp3) is 0.238. The molecule has 132 valence electrons. The van der Waals surface area contributed by atoms with E-state index in [1.165, 1.54) is 0 Å². The van der Waals surface area contributed by atoms with Crippen molar-refractivity contribution in [1.82, 2.24) is 10.3 Å². The van der Waals surface area contributed by atoms with Crippen LogP contribution in [0.25, 0.3) is 11.0 Å². The van der Waals surface area contributed by atoms with E-state index in [-0.39, 0.29) is 12.5 Å². The summed E-state index contributed by atoms with van der Waals surface area (Å²) in [6.07, 6.45) is 9.51. The average Bonchev–Trinajstić information content (AvgIpc) is 3.10. The van der Waals surface area contributed by atoms with Gasteiger partial charge < -0.3 is 14.5 Å². The second-order valence-corrected chi connectivity index (χ2v) is 5.83. The number of fused-ring (bicyclic) bond motifs is 1. The van der Waals surface area contributed by atoms with Crippen LogP contribution in [0, 0.1) is 12.3 Å². The molecule has 0 aliphatic rings. The monoisotopic (exact) mass is 348 g/mol. The molecule has 5 heteroatoms. The normalized spacial score (nSPS) is 11.8. The maximum Gasteiger partial charge on any atom is 0.220 e. The molecule has 3 aromatic rings. The van der Waals surface area contributed by atoms with E-state index in [0.29, 0.717) is 25.2 Å². The van der Waals surface area contributed by atoms with Crippen LogP contribution in [0.2, 0.25) is 0 Å². The maximum atomic E-state index is 12.4. The van der Waals surface area contributed by atoms with E-state index in [0.717, 1.165) is 16.5 Å². The van der Waals surface area contributed by atoms with Gasteiger partial charge >= 0.3 is 0 Å². The van der Waals surface area contributed by atoms with Gasteiger partial charge in [-0.05, 0) is 24.6 Å². The number of carbonyl (C=O) groups is 1. The molecule has 1 atom stereocenters. The van der Waals surface area contributed by atoms with E-state index in [4.69, 9.17) is 15.6 Å². The molecular formula is C21H20N2O3. The summed E-state index contributed by atoms with van der Waals surface area (Å²) in [5.74, 6) is 3.00. The molecule has 0 aliphatic heterocycles. The number of hydrogen-bond donors (Lipinski definition) is 1. The van der Waals surface area contributed by atoms with Crippen LogP contribution in [0.3, 0.4) is 0 Å². The molecule has 0 radical (unpaired) electrons. The molecule has 2 aromatic heterocycles. The molecule has 0 spiro atoms. The number of aromatic nitrogens is 1. The first-order valence-corrected chi connectivity index (χ1v) is 8.47. The quantitative estimate of drug-likeness (QED) is 0.500. The molecule has 1 unspecified atom stereocenters. The maximum absolute atomic E-state index is 12.4. The largest absolute Gasteiger partial charge is 0.459 e. The molecule has 0 saturated heterocycles. The Bertz CT molecular complexity index is 863. The number of rotatable bonds is 8. The number of furan rings is 1. The predicted octanol–water partition coefficient (Wildman–Crippen LogP) is 3.46. The number of hydrogen-bond acceptors (Lipinski definition) is 4. The lowest BCUT2D eigenvalue weighted by molar-refractivity contribution is -0.122.